The Hall–Kier alpha value is -3.82. The van der Waals surface area contributed by atoms with E-state index in [4.69, 9.17) is 9.47 Å². The van der Waals surface area contributed by atoms with Gasteiger partial charge in [0.15, 0.2) is 5.60 Å². The number of aryl methyl sites for hydroxylation is 2. The van der Waals surface area contributed by atoms with E-state index in [2.05, 4.69) is 5.10 Å². The third-order valence-electron chi connectivity index (χ3n) is 5.57. The molecule has 1 aromatic heterocycles. The van der Waals surface area contributed by atoms with E-state index in [0.717, 1.165) is 11.1 Å². The number of carboxylic acid groups (broad SMARTS) is 1. The molecular formula is C27H29F3N2O5. The Balaban J connectivity index is 1.85. The molecular weight excluding hydrogens is 489 g/mol. The van der Waals surface area contributed by atoms with E-state index < -0.39 is 29.8 Å². The summed E-state index contributed by atoms with van der Waals surface area (Å²) in [5.74, 6) is -2.25. The van der Waals surface area contributed by atoms with E-state index in [9.17, 15) is 27.9 Å². The zero-order chi connectivity index (χ0) is 27.4. The minimum Gasteiger partial charge on any atom is -0.478 e. The van der Waals surface area contributed by atoms with E-state index in [1.807, 2.05) is 38.1 Å². The number of halogens is 3. The van der Waals surface area contributed by atoms with E-state index in [0.29, 0.717) is 18.5 Å². The van der Waals surface area contributed by atoms with Gasteiger partial charge in [0.05, 0.1) is 17.0 Å². The molecule has 198 valence electrons. The average molecular weight is 519 g/mol. The molecule has 0 saturated heterocycles. The smallest absolute Gasteiger partial charge is 0.431 e. The molecule has 3 aromatic rings. The minimum absolute atomic E-state index is 0.137. The summed E-state index contributed by atoms with van der Waals surface area (Å²) in [7, 11) is 0. The van der Waals surface area contributed by atoms with E-state index in [1.54, 1.807) is 0 Å². The number of esters is 1. The van der Waals surface area contributed by atoms with Crippen molar-refractivity contribution in [1.29, 1.82) is 0 Å². The second-order valence-electron chi connectivity index (χ2n) is 9.21. The second-order valence-corrected chi connectivity index (χ2v) is 9.21. The van der Waals surface area contributed by atoms with Crippen LogP contribution in [0.2, 0.25) is 0 Å². The predicted molar refractivity (Wildman–Crippen MR) is 129 cm³/mol. The normalized spacial score (nSPS) is 12.7. The molecule has 1 atom stereocenters. The first kappa shape index (κ1) is 27.8. The van der Waals surface area contributed by atoms with Gasteiger partial charge in [0.2, 0.25) is 6.10 Å². The van der Waals surface area contributed by atoms with Crippen LogP contribution in [0.1, 0.15) is 66.2 Å². The Morgan fingerprint density at radius 2 is 1.68 bits per heavy atom. The van der Waals surface area contributed by atoms with Crippen LogP contribution < -0.4 is 4.74 Å². The molecule has 0 aliphatic rings. The summed E-state index contributed by atoms with van der Waals surface area (Å²) in [4.78, 5) is 23.9. The van der Waals surface area contributed by atoms with Gasteiger partial charge in [0, 0.05) is 13.0 Å². The summed E-state index contributed by atoms with van der Waals surface area (Å²) in [5.41, 5.74) is 0.462. The zero-order valence-electron chi connectivity index (χ0n) is 21.0. The van der Waals surface area contributed by atoms with Crippen molar-refractivity contribution < 1.29 is 37.3 Å². The van der Waals surface area contributed by atoms with Crippen LogP contribution in [0, 0.1) is 6.92 Å². The number of ether oxygens (including phenoxy) is 2. The van der Waals surface area contributed by atoms with Crippen LogP contribution in [0.25, 0.3) is 0 Å². The standard InChI is InChI=1S/C27H29F3N2O5/c1-5-14-32-22(16-20(31-32)15-18-8-6-17(2)7-9-18)23(27(28,29)30)36-24(33)19-10-12-21(13-11-19)37-26(3,4)25(34)35/h6-13,16,23H,5,14-15H2,1-4H3,(H,34,35)/t23-/m1/s1. The van der Waals surface area contributed by atoms with Crippen LogP contribution in [0.3, 0.4) is 0 Å². The maximum atomic E-state index is 14.1. The zero-order valence-corrected chi connectivity index (χ0v) is 21.0. The molecule has 1 N–H and O–H groups in total. The number of benzene rings is 2. The van der Waals surface area contributed by atoms with Gasteiger partial charge in [0.1, 0.15) is 5.75 Å². The van der Waals surface area contributed by atoms with Gasteiger partial charge in [-0.15, -0.1) is 0 Å². The fourth-order valence-corrected chi connectivity index (χ4v) is 3.56. The summed E-state index contributed by atoms with van der Waals surface area (Å²) in [6, 6.07) is 14.0. The van der Waals surface area contributed by atoms with Crippen LogP contribution in [-0.4, -0.2) is 38.6 Å². The molecule has 3 rings (SSSR count). The molecule has 0 fully saturated rings. The van der Waals surface area contributed by atoms with Crippen molar-refractivity contribution in [3.8, 4) is 5.75 Å². The topological polar surface area (TPSA) is 90.7 Å². The van der Waals surface area contributed by atoms with E-state index >= 15 is 0 Å². The van der Waals surface area contributed by atoms with Crippen molar-refractivity contribution in [3.63, 3.8) is 0 Å². The summed E-state index contributed by atoms with van der Waals surface area (Å²) in [5, 5.41) is 13.5. The SMILES string of the molecule is CCCn1nc(Cc2ccc(C)cc2)cc1[C@@H](OC(=O)c1ccc(OC(C)(C)C(=O)O)cc1)C(F)(F)F. The lowest BCUT2D eigenvalue weighted by molar-refractivity contribution is -0.209. The predicted octanol–water partition coefficient (Wildman–Crippen LogP) is 5.89. The minimum atomic E-state index is -4.88. The Bertz CT molecular complexity index is 1230. The van der Waals surface area contributed by atoms with Crippen LogP contribution >= 0.6 is 0 Å². The Labute approximate surface area is 212 Å². The number of hydrogen-bond acceptors (Lipinski definition) is 5. The first-order valence-electron chi connectivity index (χ1n) is 11.7. The van der Waals surface area contributed by atoms with Crippen molar-refractivity contribution in [2.75, 3.05) is 0 Å². The Kier molecular flexibility index (Phi) is 8.30. The third-order valence-corrected chi connectivity index (χ3v) is 5.57. The third kappa shape index (κ3) is 7.12. The van der Waals surface area contributed by atoms with Gasteiger partial charge in [-0.25, -0.2) is 9.59 Å². The molecule has 0 spiro atoms. The summed E-state index contributed by atoms with van der Waals surface area (Å²) in [6.07, 6.45) is -6.54. The molecule has 2 aromatic carbocycles. The van der Waals surface area contributed by atoms with Gasteiger partial charge >= 0.3 is 18.1 Å². The first-order chi connectivity index (χ1) is 17.3. The fraction of sp³-hybridized carbons (Fsp3) is 0.370. The number of aromatic nitrogens is 2. The highest BCUT2D eigenvalue weighted by Gasteiger charge is 2.46. The molecule has 0 saturated carbocycles. The monoisotopic (exact) mass is 518 g/mol. The second kappa shape index (κ2) is 11.1. The molecule has 7 nitrogen and oxygen atoms in total. The highest BCUT2D eigenvalue weighted by molar-refractivity contribution is 5.89. The molecule has 0 unspecified atom stereocenters. The summed E-state index contributed by atoms with van der Waals surface area (Å²) >= 11 is 0. The lowest BCUT2D eigenvalue weighted by Crippen LogP contribution is -2.37. The quantitative estimate of drug-likeness (QED) is 0.337. The molecule has 0 bridgehead atoms. The first-order valence-corrected chi connectivity index (χ1v) is 11.7. The van der Waals surface area contributed by atoms with Gasteiger partial charge < -0.3 is 14.6 Å². The van der Waals surface area contributed by atoms with E-state index in [-0.39, 0.29) is 23.6 Å². The molecule has 0 aliphatic heterocycles. The highest BCUT2D eigenvalue weighted by atomic mass is 19.4. The summed E-state index contributed by atoms with van der Waals surface area (Å²) < 4.78 is 53.9. The lowest BCUT2D eigenvalue weighted by atomic mass is 10.1. The summed E-state index contributed by atoms with van der Waals surface area (Å²) in [6.45, 7) is 6.67. The molecule has 0 aliphatic carbocycles. The van der Waals surface area contributed by atoms with Crippen LogP contribution in [0.15, 0.2) is 54.6 Å². The number of hydrogen-bond donors (Lipinski definition) is 1. The van der Waals surface area contributed by atoms with Gasteiger partial charge in [-0.1, -0.05) is 36.8 Å². The number of rotatable bonds is 10. The van der Waals surface area contributed by atoms with E-state index in [1.165, 1.54) is 48.9 Å². The van der Waals surface area contributed by atoms with Crippen molar-refractivity contribution in [2.45, 2.75) is 65.0 Å². The van der Waals surface area contributed by atoms with Gasteiger partial charge in [-0.05, 0) is 63.1 Å². The van der Waals surface area contributed by atoms with Gasteiger partial charge in [-0.3, -0.25) is 4.68 Å². The number of alkyl halides is 3. The molecule has 1 heterocycles. The number of carbonyl (C=O) groups excluding carboxylic acids is 1. The number of aliphatic carboxylic acids is 1. The van der Waals surface area contributed by atoms with Gasteiger partial charge in [0.25, 0.3) is 0 Å². The molecule has 10 heteroatoms. The van der Waals surface area contributed by atoms with Crippen molar-refractivity contribution in [1.82, 2.24) is 9.78 Å². The van der Waals surface area contributed by atoms with Crippen molar-refractivity contribution >= 4 is 11.9 Å². The van der Waals surface area contributed by atoms with Crippen LogP contribution in [-0.2, 0) is 22.5 Å². The number of carboxylic acids is 1. The maximum Gasteiger partial charge on any atom is 0.431 e. The fourth-order valence-electron chi connectivity index (χ4n) is 3.56. The Morgan fingerprint density at radius 1 is 1.05 bits per heavy atom. The van der Waals surface area contributed by atoms with Crippen LogP contribution in [0.5, 0.6) is 5.75 Å². The maximum absolute atomic E-state index is 14.1. The number of nitrogens with zero attached hydrogens (tertiary/aromatic N) is 2. The molecule has 0 radical (unpaired) electrons. The largest absolute Gasteiger partial charge is 0.478 e. The van der Waals surface area contributed by atoms with Gasteiger partial charge in [-0.2, -0.15) is 18.3 Å². The Morgan fingerprint density at radius 3 is 2.22 bits per heavy atom. The van der Waals surface area contributed by atoms with Crippen molar-refractivity contribution in [3.05, 3.63) is 82.7 Å². The van der Waals surface area contributed by atoms with Crippen molar-refractivity contribution in [2.24, 2.45) is 0 Å². The molecule has 37 heavy (non-hydrogen) atoms. The average Bonchev–Trinajstić information content (AvgIpc) is 3.20. The highest BCUT2D eigenvalue weighted by Crippen LogP contribution is 2.37. The lowest BCUT2D eigenvalue weighted by Gasteiger charge is -2.22. The number of carbonyl (C=O) groups is 2. The van der Waals surface area contributed by atoms with Crippen LogP contribution in [0.4, 0.5) is 13.2 Å². The molecule has 0 amide bonds.